The van der Waals surface area contributed by atoms with Gasteiger partial charge in [0, 0.05) is 17.0 Å². The van der Waals surface area contributed by atoms with Crippen LogP contribution in [0, 0.1) is 0 Å². The van der Waals surface area contributed by atoms with Crippen LogP contribution in [0.15, 0.2) is 53.9 Å². The molecule has 2 atom stereocenters. The number of anilines is 1. The van der Waals surface area contributed by atoms with Gasteiger partial charge in [0.2, 0.25) is 5.91 Å². The lowest BCUT2D eigenvalue weighted by Gasteiger charge is -2.18. The van der Waals surface area contributed by atoms with Gasteiger partial charge in [-0.25, -0.2) is 4.98 Å². The first kappa shape index (κ1) is 20.0. The van der Waals surface area contributed by atoms with Crippen LogP contribution in [-0.4, -0.2) is 22.0 Å². The average Bonchev–Trinajstić information content (AvgIpc) is 3.09. The van der Waals surface area contributed by atoms with Crippen LogP contribution in [0.4, 0.5) is 5.13 Å². The van der Waals surface area contributed by atoms with Crippen LogP contribution in [0.25, 0.3) is 11.3 Å². The fourth-order valence-electron chi connectivity index (χ4n) is 3.23. The molecule has 0 bridgehead atoms. The van der Waals surface area contributed by atoms with Crippen molar-refractivity contribution in [3.63, 3.8) is 0 Å². The SMILES string of the molecule is NC(=O)Cc1ccc(C[C@@H](N)C[C@@H](O)c2ccccc2)cc1-c1csc(N)n1. The highest BCUT2D eigenvalue weighted by Gasteiger charge is 2.16. The maximum Gasteiger partial charge on any atom is 0.221 e. The lowest BCUT2D eigenvalue weighted by Crippen LogP contribution is -2.25. The van der Waals surface area contributed by atoms with E-state index in [0.717, 1.165) is 27.9 Å². The molecule has 7 heteroatoms. The molecule has 0 radical (unpaired) electrons. The number of amides is 1. The highest BCUT2D eigenvalue weighted by molar-refractivity contribution is 7.13. The number of carbonyl (C=O) groups is 1. The first-order valence-electron chi connectivity index (χ1n) is 9.02. The van der Waals surface area contributed by atoms with Gasteiger partial charge in [0.05, 0.1) is 18.2 Å². The van der Waals surface area contributed by atoms with Gasteiger partial charge in [-0.2, -0.15) is 0 Å². The van der Waals surface area contributed by atoms with E-state index >= 15 is 0 Å². The normalized spacial score (nSPS) is 13.2. The molecule has 3 rings (SSSR count). The average molecular weight is 397 g/mol. The zero-order chi connectivity index (χ0) is 20.1. The second kappa shape index (κ2) is 8.97. The number of primary amides is 1. The van der Waals surface area contributed by atoms with E-state index in [2.05, 4.69) is 4.98 Å². The van der Waals surface area contributed by atoms with Crippen LogP contribution in [-0.2, 0) is 17.6 Å². The first-order chi connectivity index (χ1) is 13.4. The molecule has 1 aromatic heterocycles. The van der Waals surface area contributed by atoms with Crippen LogP contribution in [0.5, 0.6) is 0 Å². The molecule has 3 aromatic rings. The largest absolute Gasteiger partial charge is 0.388 e. The van der Waals surface area contributed by atoms with Gasteiger partial charge in [0.15, 0.2) is 5.13 Å². The van der Waals surface area contributed by atoms with Crippen LogP contribution in [0.2, 0.25) is 0 Å². The smallest absolute Gasteiger partial charge is 0.221 e. The van der Waals surface area contributed by atoms with Gasteiger partial charge in [-0.1, -0.05) is 42.5 Å². The van der Waals surface area contributed by atoms with E-state index in [1.807, 2.05) is 53.9 Å². The van der Waals surface area contributed by atoms with Crippen molar-refractivity contribution in [2.45, 2.75) is 31.4 Å². The van der Waals surface area contributed by atoms with Crippen molar-refractivity contribution in [1.82, 2.24) is 4.98 Å². The number of carbonyl (C=O) groups excluding carboxylic acids is 1. The molecule has 0 aliphatic carbocycles. The Kier molecular flexibility index (Phi) is 6.41. The Morgan fingerprint density at radius 2 is 1.93 bits per heavy atom. The Morgan fingerprint density at radius 1 is 1.18 bits per heavy atom. The number of hydrogen-bond acceptors (Lipinski definition) is 6. The summed E-state index contributed by atoms with van der Waals surface area (Å²) in [4.78, 5) is 15.7. The van der Waals surface area contributed by atoms with Crippen LogP contribution in [0.3, 0.4) is 0 Å². The van der Waals surface area contributed by atoms with E-state index in [1.165, 1.54) is 11.3 Å². The second-order valence-electron chi connectivity index (χ2n) is 6.83. The number of hydrogen-bond donors (Lipinski definition) is 4. The molecular weight excluding hydrogens is 372 g/mol. The fraction of sp³-hybridized carbons (Fsp3) is 0.238. The van der Waals surface area contributed by atoms with Crippen molar-refractivity contribution in [3.8, 4) is 11.3 Å². The van der Waals surface area contributed by atoms with Crippen LogP contribution < -0.4 is 17.2 Å². The number of aromatic nitrogens is 1. The Hall–Kier alpha value is -2.74. The van der Waals surface area contributed by atoms with Crippen molar-refractivity contribution in [2.75, 3.05) is 5.73 Å². The number of aliphatic hydroxyl groups excluding tert-OH is 1. The standard InChI is InChI=1S/C21H24N4O2S/c22-16(11-19(26)14-4-2-1-3-5-14)8-13-6-7-15(10-20(23)27)17(9-13)18-12-28-21(24)25-18/h1-7,9,12,16,19,26H,8,10-11,22H2,(H2,23,27)(H2,24,25)/t16-,19-/m1/s1. The highest BCUT2D eigenvalue weighted by atomic mass is 32.1. The first-order valence-corrected chi connectivity index (χ1v) is 9.90. The molecule has 28 heavy (non-hydrogen) atoms. The molecule has 6 nitrogen and oxygen atoms in total. The van der Waals surface area contributed by atoms with Crippen LogP contribution in [0.1, 0.15) is 29.2 Å². The lowest BCUT2D eigenvalue weighted by molar-refractivity contribution is -0.117. The quantitative estimate of drug-likeness (QED) is 0.465. The zero-order valence-electron chi connectivity index (χ0n) is 15.4. The summed E-state index contributed by atoms with van der Waals surface area (Å²) < 4.78 is 0. The third-order valence-electron chi connectivity index (χ3n) is 4.55. The van der Waals surface area contributed by atoms with Gasteiger partial charge in [-0.15, -0.1) is 11.3 Å². The highest BCUT2D eigenvalue weighted by Crippen LogP contribution is 2.29. The van der Waals surface area contributed by atoms with E-state index in [1.54, 1.807) is 0 Å². The van der Waals surface area contributed by atoms with Crippen molar-refractivity contribution in [3.05, 3.63) is 70.6 Å². The predicted molar refractivity (Wildman–Crippen MR) is 113 cm³/mol. The summed E-state index contributed by atoms with van der Waals surface area (Å²) in [5, 5.41) is 12.7. The predicted octanol–water partition coefficient (Wildman–Crippen LogP) is 2.41. The molecular formula is C21H24N4O2S. The van der Waals surface area contributed by atoms with Gasteiger partial charge < -0.3 is 22.3 Å². The van der Waals surface area contributed by atoms with E-state index in [-0.39, 0.29) is 12.5 Å². The molecule has 1 heterocycles. The third kappa shape index (κ3) is 5.16. The molecule has 0 saturated heterocycles. The maximum absolute atomic E-state index is 11.4. The molecule has 0 aliphatic heterocycles. The van der Waals surface area contributed by atoms with Gasteiger partial charge >= 0.3 is 0 Å². The molecule has 0 aliphatic rings. The molecule has 1 amide bonds. The Labute approximate surface area is 168 Å². The van der Waals surface area contributed by atoms with Gasteiger partial charge in [0.1, 0.15) is 0 Å². The number of aliphatic hydroxyl groups is 1. The molecule has 2 aromatic carbocycles. The van der Waals surface area contributed by atoms with Crippen molar-refractivity contribution < 1.29 is 9.90 Å². The molecule has 0 unspecified atom stereocenters. The zero-order valence-corrected chi connectivity index (χ0v) is 16.2. The lowest BCUT2D eigenvalue weighted by atomic mass is 9.94. The topological polar surface area (TPSA) is 128 Å². The summed E-state index contributed by atoms with van der Waals surface area (Å²) in [6.07, 6.45) is 0.564. The van der Waals surface area contributed by atoms with E-state index in [4.69, 9.17) is 17.2 Å². The maximum atomic E-state index is 11.4. The van der Waals surface area contributed by atoms with Gasteiger partial charge in [0.25, 0.3) is 0 Å². The van der Waals surface area contributed by atoms with Crippen molar-refractivity contribution >= 4 is 22.4 Å². The summed E-state index contributed by atoms with van der Waals surface area (Å²) in [5.74, 6) is -0.403. The van der Waals surface area contributed by atoms with E-state index < -0.39 is 12.0 Å². The number of benzene rings is 2. The number of nitrogens with zero attached hydrogens (tertiary/aromatic N) is 1. The Morgan fingerprint density at radius 3 is 2.57 bits per heavy atom. The van der Waals surface area contributed by atoms with Crippen molar-refractivity contribution in [1.29, 1.82) is 0 Å². The summed E-state index contributed by atoms with van der Waals surface area (Å²) in [5.41, 5.74) is 21.6. The number of rotatable bonds is 8. The summed E-state index contributed by atoms with van der Waals surface area (Å²) in [6, 6.07) is 15.1. The minimum atomic E-state index is -0.608. The number of nitrogen functional groups attached to an aromatic ring is 1. The molecule has 0 fully saturated rings. The second-order valence-corrected chi connectivity index (χ2v) is 7.72. The summed E-state index contributed by atoms with van der Waals surface area (Å²) in [7, 11) is 0. The van der Waals surface area contributed by atoms with E-state index in [9.17, 15) is 9.90 Å². The molecule has 146 valence electrons. The Balaban J connectivity index is 1.77. The third-order valence-corrected chi connectivity index (χ3v) is 5.22. The van der Waals surface area contributed by atoms with Gasteiger partial charge in [-0.05, 0) is 35.6 Å². The minimum absolute atomic E-state index is 0.131. The Bertz CT molecular complexity index is 943. The fourth-order valence-corrected chi connectivity index (χ4v) is 3.79. The summed E-state index contributed by atoms with van der Waals surface area (Å²) >= 11 is 1.35. The molecule has 0 spiro atoms. The molecule has 0 saturated carbocycles. The number of thiazole rings is 1. The van der Waals surface area contributed by atoms with Crippen LogP contribution >= 0.6 is 11.3 Å². The van der Waals surface area contributed by atoms with E-state index in [0.29, 0.717) is 18.0 Å². The number of nitrogens with two attached hydrogens (primary N) is 3. The minimum Gasteiger partial charge on any atom is -0.388 e. The monoisotopic (exact) mass is 396 g/mol. The van der Waals surface area contributed by atoms with Gasteiger partial charge in [-0.3, -0.25) is 4.79 Å². The summed E-state index contributed by atoms with van der Waals surface area (Å²) in [6.45, 7) is 0. The van der Waals surface area contributed by atoms with Crippen molar-refractivity contribution in [2.24, 2.45) is 11.5 Å². The molecule has 7 N–H and O–H groups in total.